The van der Waals surface area contributed by atoms with Crippen LogP contribution in [0.2, 0.25) is 0 Å². The van der Waals surface area contributed by atoms with Crippen molar-refractivity contribution in [3.05, 3.63) is 27.8 Å². The number of benzene rings is 1. The first-order valence-corrected chi connectivity index (χ1v) is 6.80. The highest BCUT2D eigenvalue weighted by molar-refractivity contribution is 6.00. The Hall–Kier alpha value is -2.11. The Bertz CT molecular complexity index is 555. The Balaban J connectivity index is 2.39. The quantitative estimate of drug-likeness (QED) is 0.640. The van der Waals surface area contributed by atoms with E-state index in [9.17, 15) is 14.9 Å². The van der Waals surface area contributed by atoms with Crippen LogP contribution in [0.5, 0.6) is 0 Å². The number of rotatable bonds is 5. The zero-order chi connectivity index (χ0) is 14.9. The van der Waals surface area contributed by atoms with E-state index >= 15 is 0 Å². The molecule has 0 spiro atoms. The second kappa shape index (κ2) is 5.48. The lowest BCUT2D eigenvalue weighted by molar-refractivity contribution is -0.384. The van der Waals surface area contributed by atoms with Gasteiger partial charge < -0.3 is 10.6 Å². The maximum absolute atomic E-state index is 11.4. The lowest BCUT2D eigenvalue weighted by Gasteiger charge is -2.22. The van der Waals surface area contributed by atoms with Gasteiger partial charge in [-0.25, -0.2) is 0 Å². The van der Waals surface area contributed by atoms with Crippen LogP contribution in [0.3, 0.4) is 0 Å². The normalized spacial score (nSPS) is 14.9. The summed E-state index contributed by atoms with van der Waals surface area (Å²) in [7, 11) is 0. The van der Waals surface area contributed by atoms with Crippen molar-refractivity contribution in [2.75, 3.05) is 10.6 Å². The smallest absolute Gasteiger partial charge is 0.292 e. The fraction of sp³-hybridized carbons (Fsp3) is 0.500. The van der Waals surface area contributed by atoms with E-state index < -0.39 is 4.92 Å². The van der Waals surface area contributed by atoms with E-state index in [1.165, 1.54) is 6.07 Å². The molecule has 0 saturated carbocycles. The van der Waals surface area contributed by atoms with Gasteiger partial charge in [0, 0.05) is 17.8 Å². The van der Waals surface area contributed by atoms with E-state index in [0.29, 0.717) is 22.9 Å². The third kappa shape index (κ3) is 2.74. The predicted octanol–water partition coefficient (Wildman–Crippen LogP) is 2.94. The SMILES string of the molecule is CCC(Nc1cc2c(cc1[N+](=O)[O-])CC(=O)N2)C(C)C. The van der Waals surface area contributed by atoms with Gasteiger partial charge in [0.1, 0.15) is 5.69 Å². The molecule has 1 aliphatic heterocycles. The number of nitrogens with zero attached hydrogens (tertiary/aromatic N) is 1. The van der Waals surface area contributed by atoms with E-state index in [2.05, 4.69) is 24.5 Å². The zero-order valence-electron chi connectivity index (χ0n) is 11.9. The fourth-order valence-corrected chi connectivity index (χ4v) is 2.47. The van der Waals surface area contributed by atoms with Crippen molar-refractivity contribution in [3.63, 3.8) is 0 Å². The Morgan fingerprint density at radius 2 is 2.15 bits per heavy atom. The molecular weight excluding hydrogens is 258 g/mol. The largest absolute Gasteiger partial charge is 0.376 e. The molecule has 0 bridgehead atoms. The highest BCUT2D eigenvalue weighted by atomic mass is 16.6. The second-order valence-corrected chi connectivity index (χ2v) is 5.41. The maximum Gasteiger partial charge on any atom is 0.292 e. The van der Waals surface area contributed by atoms with Crippen molar-refractivity contribution in [2.24, 2.45) is 5.92 Å². The van der Waals surface area contributed by atoms with Crippen LogP contribution in [-0.2, 0) is 11.2 Å². The number of nitro groups is 1. The lowest BCUT2D eigenvalue weighted by Crippen LogP contribution is -2.25. The Morgan fingerprint density at radius 1 is 1.45 bits per heavy atom. The summed E-state index contributed by atoms with van der Waals surface area (Å²) in [5.74, 6) is 0.241. The number of anilines is 2. The molecule has 2 N–H and O–H groups in total. The van der Waals surface area contributed by atoms with Crippen molar-refractivity contribution in [2.45, 2.75) is 39.7 Å². The maximum atomic E-state index is 11.4. The molecule has 1 aliphatic rings. The van der Waals surface area contributed by atoms with E-state index in [0.717, 1.165) is 6.42 Å². The minimum Gasteiger partial charge on any atom is -0.376 e. The summed E-state index contributed by atoms with van der Waals surface area (Å²) in [4.78, 5) is 22.2. The van der Waals surface area contributed by atoms with Crippen LogP contribution in [0.4, 0.5) is 17.1 Å². The number of hydrogen-bond acceptors (Lipinski definition) is 4. The molecule has 108 valence electrons. The van der Waals surface area contributed by atoms with Gasteiger partial charge in [-0.15, -0.1) is 0 Å². The highest BCUT2D eigenvalue weighted by Crippen LogP contribution is 2.35. The average molecular weight is 277 g/mol. The van der Waals surface area contributed by atoms with Crippen molar-refractivity contribution in [3.8, 4) is 0 Å². The summed E-state index contributed by atoms with van der Waals surface area (Å²) < 4.78 is 0. The first kappa shape index (κ1) is 14.3. The molecule has 6 nitrogen and oxygen atoms in total. The molecule has 2 rings (SSSR count). The molecule has 0 fully saturated rings. The highest BCUT2D eigenvalue weighted by Gasteiger charge is 2.25. The summed E-state index contributed by atoms with van der Waals surface area (Å²) in [5, 5.41) is 17.2. The minimum atomic E-state index is -0.404. The van der Waals surface area contributed by atoms with E-state index in [1.54, 1.807) is 6.07 Å². The summed E-state index contributed by atoms with van der Waals surface area (Å²) in [5.41, 5.74) is 1.85. The van der Waals surface area contributed by atoms with Crippen LogP contribution < -0.4 is 10.6 Å². The third-order valence-corrected chi connectivity index (χ3v) is 3.63. The summed E-state index contributed by atoms with van der Waals surface area (Å²) in [6, 6.07) is 3.32. The van der Waals surface area contributed by atoms with Gasteiger partial charge in [-0.2, -0.15) is 0 Å². The molecule has 1 amide bonds. The topological polar surface area (TPSA) is 84.3 Å². The minimum absolute atomic E-state index is 0.0272. The summed E-state index contributed by atoms with van der Waals surface area (Å²) in [6.07, 6.45) is 1.08. The van der Waals surface area contributed by atoms with Gasteiger partial charge in [-0.05, 0) is 24.0 Å². The molecule has 0 radical (unpaired) electrons. The van der Waals surface area contributed by atoms with Crippen molar-refractivity contribution in [1.29, 1.82) is 0 Å². The molecule has 1 aromatic carbocycles. The second-order valence-electron chi connectivity index (χ2n) is 5.41. The monoisotopic (exact) mass is 277 g/mol. The van der Waals surface area contributed by atoms with E-state index in [1.807, 2.05) is 6.92 Å². The van der Waals surface area contributed by atoms with Gasteiger partial charge in [0.05, 0.1) is 11.3 Å². The van der Waals surface area contributed by atoms with Crippen molar-refractivity contribution < 1.29 is 9.72 Å². The molecule has 0 aromatic heterocycles. The molecule has 20 heavy (non-hydrogen) atoms. The number of nitrogens with one attached hydrogen (secondary N) is 2. The number of carbonyl (C=O) groups is 1. The van der Waals surface area contributed by atoms with Gasteiger partial charge in [0.2, 0.25) is 5.91 Å². The fourth-order valence-electron chi connectivity index (χ4n) is 2.47. The lowest BCUT2D eigenvalue weighted by atomic mass is 10.0. The van der Waals surface area contributed by atoms with Gasteiger partial charge in [-0.3, -0.25) is 14.9 Å². The summed E-state index contributed by atoms with van der Waals surface area (Å²) in [6.45, 7) is 6.18. The Morgan fingerprint density at radius 3 is 2.70 bits per heavy atom. The van der Waals surface area contributed by atoms with Gasteiger partial charge >= 0.3 is 0 Å². The zero-order valence-corrected chi connectivity index (χ0v) is 11.9. The van der Waals surface area contributed by atoms with Gasteiger partial charge in [0.25, 0.3) is 5.69 Å². The Kier molecular flexibility index (Phi) is 3.92. The van der Waals surface area contributed by atoms with Gasteiger partial charge in [-0.1, -0.05) is 20.8 Å². The van der Waals surface area contributed by atoms with Crippen molar-refractivity contribution >= 4 is 23.0 Å². The number of amides is 1. The van der Waals surface area contributed by atoms with Crippen LogP contribution in [0.25, 0.3) is 0 Å². The predicted molar refractivity (Wildman–Crippen MR) is 78.0 cm³/mol. The number of carbonyl (C=O) groups excluding carboxylic acids is 1. The number of fused-ring (bicyclic) bond motifs is 1. The molecule has 1 atom stereocenters. The molecule has 6 heteroatoms. The van der Waals surface area contributed by atoms with Crippen LogP contribution in [0.1, 0.15) is 32.8 Å². The molecule has 0 aliphatic carbocycles. The Labute approximate surface area is 117 Å². The third-order valence-electron chi connectivity index (χ3n) is 3.63. The average Bonchev–Trinajstić information content (AvgIpc) is 2.73. The number of nitro benzene ring substituents is 1. The number of hydrogen-bond donors (Lipinski definition) is 2. The first-order chi connectivity index (χ1) is 9.42. The van der Waals surface area contributed by atoms with Crippen molar-refractivity contribution in [1.82, 2.24) is 0 Å². The molecule has 1 heterocycles. The van der Waals surface area contributed by atoms with Crippen LogP contribution in [0.15, 0.2) is 12.1 Å². The van der Waals surface area contributed by atoms with E-state index in [-0.39, 0.29) is 24.1 Å². The molecule has 0 saturated heterocycles. The molecular formula is C14H19N3O3. The summed E-state index contributed by atoms with van der Waals surface area (Å²) >= 11 is 0. The van der Waals surface area contributed by atoms with Crippen LogP contribution >= 0.6 is 0 Å². The first-order valence-electron chi connectivity index (χ1n) is 6.80. The molecule has 1 aromatic rings. The van der Waals surface area contributed by atoms with Gasteiger partial charge in [0.15, 0.2) is 0 Å². The van der Waals surface area contributed by atoms with E-state index in [4.69, 9.17) is 0 Å². The van der Waals surface area contributed by atoms with Crippen LogP contribution in [-0.4, -0.2) is 16.9 Å². The standard InChI is InChI=1S/C14H19N3O3/c1-4-10(8(2)3)15-12-7-11-9(6-14(18)16-11)5-13(12)17(19)20/h5,7-8,10,15H,4,6H2,1-3H3,(H,16,18). The van der Waals surface area contributed by atoms with Crippen LogP contribution in [0, 0.1) is 16.0 Å². The molecule has 1 unspecified atom stereocenters.